The Balaban J connectivity index is 1.77. The van der Waals surface area contributed by atoms with Gasteiger partial charge in [0.15, 0.2) is 17.8 Å². The molecule has 3 rings (SSSR count). The summed E-state index contributed by atoms with van der Waals surface area (Å²) < 4.78 is 5.38. The highest BCUT2D eigenvalue weighted by Gasteiger charge is 2.17. The highest BCUT2D eigenvalue weighted by atomic mass is 16.3. The zero-order valence-corrected chi connectivity index (χ0v) is 12.2. The maximum atomic E-state index is 12.4. The predicted octanol–water partition coefficient (Wildman–Crippen LogP) is 3.58. The van der Waals surface area contributed by atoms with Crippen molar-refractivity contribution in [2.24, 2.45) is 0 Å². The summed E-state index contributed by atoms with van der Waals surface area (Å²) in [6.07, 6.45) is 1.30. The Hall–Kier alpha value is -2.88. The van der Waals surface area contributed by atoms with Gasteiger partial charge in [-0.25, -0.2) is 4.98 Å². The molecule has 0 aliphatic rings. The molecule has 0 saturated heterocycles. The lowest BCUT2D eigenvalue weighted by Crippen LogP contribution is -2.24. The third-order valence-corrected chi connectivity index (χ3v) is 3.52. The van der Waals surface area contributed by atoms with E-state index in [1.807, 2.05) is 61.5 Å². The molecular formula is C18H16N2O2. The molecule has 0 radical (unpaired) electrons. The first kappa shape index (κ1) is 14.1. The molecule has 0 spiro atoms. The number of rotatable bonds is 4. The van der Waals surface area contributed by atoms with Crippen LogP contribution in [0.25, 0.3) is 11.3 Å². The van der Waals surface area contributed by atoms with E-state index < -0.39 is 0 Å². The highest BCUT2D eigenvalue weighted by molar-refractivity contribution is 5.97. The maximum Gasteiger partial charge on any atom is 0.274 e. The molecular weight excluding hydrogens is 276 g/mol. The van der Waals surface area contributed by atoms with Gasteiger partial charge in [-0.1, -0.05) is 54.6 Å². The molecule has 110 valence electrons. The van der Waals surface area contributed by atoms with E-state index in [4.69, 9.17) is 4.42 Å². The van der Waals surface area contributed by atoms with Crippen LogP contribution in [0.15, 0.2) is 65.4 Å². The summed E-state index contributed by atoms with van der Waals surface area (Å²) in [5.74, 6) is 0.249. The minimum Gasteiger partial charge on any atom is -0.443 e. The number of nitrogens with zero attached hydrogens (tertiary/aromatic N) is 1. The number of aryl methyl sites for hydroxylation is 1. The molecule has 0 aliphatic heterocycles. The number of hydrogen-bond donors (Lipinski definition) is 1. The lowest BCUT2D eigenvalue weighted by molar-refractivity contribution is 0.0946. The lowest BCUT2D eigenvalue weighted by atomic mass is 10.1. The van der Waals surface area contributed by atoms with Gasteiger partial charge in [0.05, 0.1) is 0 Å². The highest BCUT2D eigenvalue weighted by Crippen LogP contribution is 2.22. The number of aromatic nitrogens is 1. The Bertz CT molecular complexity index is 779. The molecule has 0 saturated carbocycles. The maximum absolute atomic E-state index is 12.4. The van der Waals surface area contributed by atoms with Crippen molar-refractivity contribution >= 4 is 5.91 Å². The summed E-state index contributed by atoms with van der Waals surface area (Å²) in [5.41, 5.74) is 3.37. The first-order valence-corrected chi connectivity index (χ1v) is 7.07. The van der Waals surface area contributed by atoms with E-state index >= 15 is 0 Å². The average molecular weight is 292 g/mol. The molecule has 0 aliphatic carbocycles. The SMILES string of the molecule is Cc1ccccc1CNC(=O)c1ncoc1-c1ccccc1. The van der Waals surface area contributed by atoms with Gasteiger partial charge in [-0.2, -0.15) is 0 Å². The standard InChI is InChI=1S/C18H16N2O2/c1-13-7-5-6-10-15(13)11-19-18(21)16-17(22-12-20-16)14-8-3-2-4-9-14/h2-10,12H,11H2,1H3,(H,19,21). The van der Waals surface area contributed by atoms with Crippen molar-refractivity contribution in [2.45, 2.75) is 13.5 Å². The van der Waals surface area contributed by atoms with Gasteiger partial charge in [-0.05, 0) is 18.1 Å². The summed E-state index contributed by atoms with van der Waals surface area (Å²) in [4.78, 5) is 16.4. The largest absolute Gasteiger partial charge is 0.443 e. The monoisotopic (exact) mass is 292 g/mol. The number of nitrogens with one attached hydrogen (secondary N) is 1. The third kappa shape index (κ3) is 2.91. The van der Waals surface area contributed by atoms with Crippen LogP contribution >= 0.6 is 0 Å². The molecule has 1 heterocycles. The van der Waals surface area contributed by atoms with Gasteiger partial charge in [0, 0.05) is 12.1 Å². The van der Waals surface area contributed by atoms with Gasteiger partial charge in [-0.15, -0.1) is 0 Å². The van der Waals surface area contributed by atoms with Crippen molar-refractivity contribution in [2.75, 3.05) is 0 Å². The van der Waals surface area contributed by atoms with Crippen LogP contribution in [-0.2, 0) is 6.54 Å². The van der Waals surface area contributed by atoms with Gasteiger partial charge in [0.1, 0.15) is 0 Å². The van der Waals surface area contributed by atoms with E-state index in [2.05, 4.69) is 10.3 Å². The van der Waals surface area contributed by atoms with Crippen molar-refractivity contribution in [3.8, 4) is 11.3 Å². The van der Waals surface area contributed by atoms with Crippen molar-refractivity contribution in [1.29, 1.82) is 0 Å². The van der Waals surface area contributed by atoms with Crippen molar-refractivity contribution in [1.82, 2.24) is 10.3 Å². The number of benzene rings is 2. The number of amides is 1. The Labute approximate surface area is 128 Å². The van der Waals surface area contributed by atoms with Crippen LogP contribution in [-0.4, -0.2) is 10.9 Å². The molecule has 1 amide bonds. The second-order valence-electron chi connectivity index (χ2n) is 5.01. The average Bonchev–Trinajstić information content (AvgIpc) is 3.04. The molecule has 22 heavy (non-hydrogen) atoms. The first-order valence-electron chi connectivity index (χ1n) is 7.07. The summed E-state index contributed by atoms with van der Waals surface area (Å²) in [5, 5.41) is 2.89. The predicted molar refractivity (Wildman–Crippen MR) is 84.3 cm³/mol. The quantitative estimate of drug-likeness (QED) is 0.799. The first-order chi connectivity index (χ1) is 10.8. The molecule has 1 N–H and O–H groups in total. The fraction of sp³-hybridized carbons (Fsp3) is 0.111. The topological polar surface area (TPSA) is 55.1 Å². The van der Waals surface area contributed by atoms with Crippen LogP contribution in [0.1, 0.15) is 21.6 Å². The van der Waals surface area contributed by atoms with E-state index in [0.717, 1.165) is 16.7 Å². The van der Waals surface area contributed by atoms with Crippen LogP contribution in [0, 0.1) is 6.92 Å². The van der Waals surface area contributed by atoms with Gasteiger partial charge in [0.25, 0.3) is 5.91 Å². The molecule has 1 aromatic heterocycles. The Morgan fingerprint density at radius 3 is 2.59 bits per heavy atom. The molecule has 4 heteroatoms. The van der Waals surface area contributed by atoms with E-state index in [1.54, 1.807) is 0 Å². The second-order valence-corrected chi connectivity index (χ2v) is 5.01. The minimum atomic E-state index is -0.240. The summed E-state index contributed by atoms with van der Waals surface area (Å²) >= 11 is 0. The van der Waals surface area contributed by atoms with Crippen molar-refractivity contribution in [3.05, 3.63) is 77.8 Å². The van der Waals surface area contributed by atoms with Gasteiger partial charge < -0.3 is 9.73 Å². The fourth-order valence-corrected chi connectivity index (χ4v) is 2.27. The summed E-state index contributed by atoms with van der Waals surface area (Å²) in [6.45, 7) is 2.49. The van der Waals surface area contributed by atoms with Crippen molar-refractivity contribution < 1.29 is 9.21 Å². The van der Waals surface area contributed by atoms with Crippen LogP contribution < -0.4 is 5.32 Å². The Kier molecular flexibility index (Phi) is 4.01. The van der Waals surface area contributed by atoms with Gasteiger partial charge in [0.2, 0.25) is 0 Å². The normalized spacial score (nSPS) is 10.4. The van der Waals surface area contributed by atoms with Gasteiger partial charge >= 0.3 is 0 Å². The Morgan fingerprint density at radius 1 is 1.09 bits per heavy atom. The lowest BCUT2D eigenvalue weighted by Gasteiger charge is -2.07. The molecule has 3 aromatic rings. The third-order valence-electron chi connectivity index (χ3n) is 3.52. The summed E-state index contributed by atoms with van der Waals surface area (Å²) in [6, 6.07) is 17.4. The molecule has 4 nitrogen and oxygen atoms in total. The Morgan fingerprint density at radius 2 is 1.82 bits per heavy atom. The number of hydrogen-bond acceptors (Lipinski definition) is 3. The molecule has 0 fully saturated rings. The second kappa shape index (κ2) is 6.26. The molecule has 2 aromatic carbocycles. The van der Waals surface area contributed by atoms with E-state index in [1.165, 1.54) is 6.39 Å². The number of carbonyl (C=O) groups is 1. The van der Waals surface area contributed by atoms with Gasteiger partial charge in [-0.3, -0.25) is 4.79 Å². The van der Waals surface area contributed by atoms with Crippen molar-refractivity contribution in [3.63, 3.8) is 0 Å². The number of oxazole rings is 1. The summed E-state index contributed by atoms with van der Waals surface area (Å²) in [7, 11) is 0. The van der Waals surface area contributed by atoms with Crippen LogP contribution in [0.3, 0.4) is 0 Å². The van der Waals surface area contributed by atoms with E-state index in [-0.39, 0.29) is 5.91 Å². The number of carbonyl (C=O) groups excluding carboxylic acids is 1. The smallest absolute Gasteiger partial charge is 0.274 e. The zero-order chi connectivity index (χ0) is 15.4. The minimum absolute atomic E-state index is 0.240. The molecule has 0 unspecified atom stereocenters. The van der Waals surface area contributed by atoms with Crippen LogP contribution in [0.2, 0.25) is 0 Å². The van der Waals surface area contributed by atoms with Crippen LogP contribution in [0.4, 0.5) is 0 Å². The van der Waals surface area contributed by atoms with E-state index in [9.17, 15) is 4.79 Å². The van der Waals surface area contributed by atoms with E-state index in [0.29, 0.717) is 18.0 Å². The fourth-order valence-electron chi connectivity index (χ4n) is 2.27. The zero-order valence-electron chi connectivity index (χ0n) is 12.2. The van der Waals surface area contributed by atoms with Crippen LogP contribution in [0.5, 0.6) is 0 Å². The molecule has 0 bridgehead atoms. The molecule has 0 atom stereocenters.